The van der Waals surface area contributed by atoms with Gasteiger partial charge in [-0.15, -0.1) is 0 Å². The van der Waals surface area contributed by atoms with Gasteiger partial charge >= 0.3 is 0 Å². The molecule has 0 atom stereocenters. The van der Waals surface area contributed by atoms with E-state index in [-0.39, 0.29) is 0 Å². The lowest BCUT2D eigenvalue weighted by molar-refractivity contribution is 0.559. The number of hydrogen-bond donors (Lipinski definition) is 0. The van der Waals surface area contributed by atoms with Gasteiger partial charge < -0.3 is 8.83 Å². The standard InChI is InChI=1S/C15H9NO2/c1-3-7-12-10(5-1)9-14(17-12)15-16-11-6-2-4-8-13(11)18-15/h1-9H. The van der Waals surface area contributed by atoms with Crippen molar-refractivity contribution in [3.63, 3.8) is 0 Å². The number of benzene rings is 2. The summed E-state index contributed by atoms with van der Waals surface area (Å²) in [5.74, 6) is 1.18. The molecule has 4 aromatic rings. The largest absolute Gasteiger partial charge is 0.451 e. The topological polar surface area (TPSA) is 39.2 Å². The first kappa shape index (κ1) is 9.48. The van der Waals surface area contributed by atoms with Crippen LogP contribution in [-0.2, 0) is 0 Å². The summed E-state index contributed by atoms with van der Waals surface area (Å²) in [6.07, 6.45) is 0. The molecule has 0 N–H and O–H groups in total. The Labute approximate surface area is 103 Å². The first-order chi connectivity index (χ1) is 8.90. The van der Waals surface area contributed by atoms with Crippen LogP contribution in [0.3, 0.4) is 0 Å². The van der Waals surface area contributed by atoms with Gasteiger partial charge in [0.05, 0.1) is 0 Å². The van der Waals surface area contributed by atoms with Crippen LogP contribution >= 0.6 is 0 Å². The molecule has 0 amide bonds. The van der Waals surface area contributed by atoms with Crippen molar-refractivity contribution in [2.75, 3.05) is 0 Å². The molecule has 86 valence electrons. The summed E-state index contributed by atoms with van der Waals surface area (Å²) in [6.45, 7) is 0. The first-order valence-electron chi connectivity index (χ1n) is 5.75. The Bertz CT molecular complexity index is 704. The van der Waals surface area contributed by atoms with E-state index in [1.807, 2.05) is 54.6 Å². The van der Waals surface area contributed by atoms with Crippen LogP contribution in [0, 0.1) is 0 Å². The number of para-hydroxylation sites is 3. The third-order valence-electron chi connectivity index (χ3n) is 2.93. The van der Waals surface area contributed by atoms with Crippen LogP contribution in [0.1, 0.15) is 0 Å². The number of oxazole rings is 1. The molecule has 2 aromatic heterocycles. The Balaban J connectivity index is 1.95. The zero-order chi connectivity index (χ0) is 11.9. The monoisotopic (exact) mass is 235 g/mol. The third-order valence-corrected chi connectivity index (χ3v) is 2.93. The summed E-state index contributed by atoms with van der Waals surface area (Å²) in [5.41, 5.74) is 2.45. The Hall–Kier alpha value is -2.55. The van der Waals surface area contributed by atoms with Crippen molar-refractivity contribution in [1.29, 1.82) is 0 Å². The minimum absolute atomic E-state index is 0.521. The van der Waals surface area contributed by atoms with Crippen molar-refractivity contribution in [1.82, 2.24) is 4.98 Å². The predicted molar refractivity (Wildman–Crippen MR) is 69.2 cm³/mol. The Kier molecular flexibility index (Phi) is 1.83. The van der Waals surface area contributed by atoms with Crippen molar-refractivity contribution in [3.8, 4) is 11.7 Å². The quantitative estimate of drug-likeness (QED) is 0.495. The van der Waals surface area contributed by atoms with Gasteiger partial charge in [0, 0.05) is 5.39 Å². The summed E-state index contributed by atoms with van der Waals surface area (Å²) >= 11 is 0. The number of hydrogen-bond acceptors (Lipinski definition) is 3. The molecule has 0 radical (unpaired) electrons. The van der Waals surface area contributed by atoms with Gasteiger partial charge in [0.1, 0.15) is 11.1 Å². The third kappa shape index (κ3) is 1.34. The van der Waals surface area contributed by atoms with E-state index >= 15 is 0 Å². The second kappa shape index (κ2) is 3.47. The van der Waals surface area contributed by atoms with Gasteiger partial charge in [-0.25, -0.2) is 4.98 Å². The maximum absolute atomic E-state index is 5.73. The second-order valence-electron chi connectivity index (χ2n) is 4.14. The van der Waals surface area contributed by atoms with Gasteiger partial charge in [-0.1, -0.05) is 30.3 Å². The molecule has 3 heteroatoms. The number of furan rings is 1. The van der Waals surface area contributed by atoms with Gasteiger partial charge in [0.15, 0.2) is 11.3 Å². The van der Waals surface area contributed by atoms with Crippen molar-refractivity contribution in [2.45, 2.75) is 0 Å². The molecule has 4 rings (SSSR count). The summed E-state index contributed by atoms with van der Waals surface area (Å²) in [7, 11) is 0. The molecule has 0 fully saturated rings. The number of fused-ring (bicyclic) bond motifs is 2. The molecule has 0 bridgehead atoms. The van der Waals surface area contributed by atoms with E-state index in [0.29, 0.717) is 11.7 Å². The zero-order valence-electron chi connectivity index (χ0n) is 9.46. The average Bonchev–Trinajstić information content (AvgIpc) is 3.02. The van der Waals surface area contributed by atoms with E-state index in [1.165, 1.54) is 0 Å². The highest BCUT2D eigenvalue weighted by atomic mass is 16.4. The molecular formula is C15H9NO2. The zero-order valence-corrected chi connectivity index (χ0v) is 9.46. The summed E-state index contributed by atoms with van der Waals surface area (Å²) in [4.78, 5) is 4.42. The smallest absolute Gasteiger partial charge is 0.263 e. The maximum atomic E-state index is 5.73. The summed E-state index contributed by atoms with van der Waals surface area (Å²) in [6, 6.07) is 17.5. The van der Waals surface area contributed by atoms with Crippen LogP contribution in [0.4, 0.5) is 0 Å². The van der Waals surface area contributed by atoms with Gasteiger partial charge in [-0.05, 0) is 24.3 Å². The highest BCUT2D eigenvalue weighted by Gasteiger charge is 2.12. The molecular weight excluding hydrogens is 226 g/mol. The van der Waals surface area contributed by atoms with E-state index in [4.69, 9.17) is 8.83 Å². The van der Waals surface area contributed by atoms with Crippen LogP contribution in [-0.4, -0.2) is 4.98 Å². The van der Waals surface area contributed by atoms with Gasteiger partial charge in [0.25, 0.3) is 5.89 Å². The number of rotatable bonds is 1. The average molecular weight is 235 g/mol. The van der Waals surface area contributed by atoms with Gasteiger partial charge in [-0.2, -0.15) is 0 Å². The lowest BCUT2D eigenvalue weighted by Gasteiger charge is -1.85. The number of aromatic nitrogens is 1. The normalized spacial score (nSPS) is 11.3. The van der Waals surface area contributed by atoms with Crippen molar-refractivity contribution < 1.29 is 8.83 Å². The highest BCUT2D eigenvalue weighted by Crippen LogP contribution is 2.29. The molecule has 2 heterocycles. The summed E-state index contributed by atoms with van der Waals surface area (Å²) in [5, 5.41) is 1.05. The minimum atomic E-state index is 0.521. The fraction of sp³-hybridized carbons (Fsp3) is 0. The molecule has 0 aliphatic heterocycles. The van der Waals surface area contributed by atoms with Gasteiger partial charge in [0.2, 0.25) is 0 Å². The molecule has 0 aliphatic rings. The Morgan fingerprint density at radius 1 is 0.778 bits per heavy atom. The van der Waals surface area contributed by atoms with E-state index in [1.54, 1.807) is 0 Å². The number of nitrogens with zero attached hydrogens (tertiary/aromatic N) is 1. The maximum Gasteiger partial charge on any atom is 0.263 e. The van der Waals surface area contributed by atoms with Crippen LogP contribution in [0.5, 0.6) is 0 Å². The van der Waals surface area contributed by atoms with Crippen molar-refractivity contribution >= 4 is 22.1 Å². The van der Waals surface area contributed by atoms with E-state index in [9.17, 15) is 0 Å². The lowest BCUT2D eigenvalue weighted by atomic mass is 10.2. The van der Waals surface area contributed by atoms with Crippen molar-refractivity contribution in [3.05, 3.63) is 54.6 Å². The lowest BCUT2D eigenvalue weighted by Crippen LogP contribution is -1.70. The van der Waals surface area contributed by atoms with Crippen LogP contribution in [0.2, 0.25) is 0 Å². The fourth-order valence-electron chi connectivity index (χ4n) is 2.06. The van der Waals surface area contributed by atoms with Crippen LogP contribution in [0.25, 0.3) is 33.7 Å². The minimum Gasteiger partial charge on any atom is -0.451 e. The van der Waals surface area contributed by atoms with Crippen molar-refractivity contribution in [2.24, 2.45) is 0 Å². The second-order valence-corrected chi connectivity index (χ2v) is 4.14. The molecule has 0 saturated heterocycles. The molecule has 2 aromatic carbocycles. The molecule has 0 saturated carbocycles. The van der Waals surface area contributed by atoms with E-state index in [0.717, 1.165) is 22.1 Å². The first-order valence-corrected chi connectivity index (χ1v) is 5.75. The van der Waals surface area contributed by atoms with E-state index in [2.05, 4.69) is 4.98 Å². The SMILES string of the molecule is c1ccc2oc(-c3nc4ccccc4o3)cc2c1. The molecule has 0 aliphatic carbocycles. The molecule has 3 nitrogen and oxygen atoms in total. The van der Waals surface area contributed by atoms with Gasteiger partial charge in [-0.3, -0.25) is 0 Å². The van der Waals surface area contributed by atoms with Crippen LogP contribution < -0.4 is 0 Å². The molecule has 0 spiro atoms. The Morgan fingerprint density at radius 3 is 2.39 bits per heavy atom. The summed E-state index contributed by atoms with van der Waals surface area (Å²) < 4.78 is 11.4. The predicted octanol–water partition coefficient (Wildman–Crippen LogP) is 4.24. The highest BCUT2D eigenvalue weighted by molar-refractivity contribution is 5.82. The molecule has 0 unspecified atom stereocenters. The Morgan fingerprint density at radius 2 is 1.56 bits per heavy atom. The van der Waals surface area contributed by atoms with Crippen LogP contribution in [0.15, 0.2) is 63.4 Å². The van der Waals surface area contributed by atoms with E-state index < -0.39 is 0 Å². The molecule has 18 heavy (non-hydrogen) atoms. The fourth-order valence-corrected chi connectivity index (χ4v) is 2.06.